The minimum atomic E-state index is -3.25. The molecule has 0 unspecified atom stereocenters. The minimum absolute atomic E-state index is 0.0785. The largest absolute Gasteiger partial charge is 0.497 e. The van der Waals surface area contributed by atoms with Crippen molar-refractivity contribution in [2.45, 2.75) is 26.4 Å². The normalized spacial score (nSPS) is 11.8. The maximum absolute atomic E-state index is 11.8. The molecule has 0 fully saturated rings. The molecule has 0 heterocycles. The van der Waals surface area contributed by atoms with Crippen LogP contribution in [0.3, 0.4) is 0 Å². The number of rotatable bonds is 8. The average molecular weight is 286 g/mol. The highest BCUT2D eigenvalue weighted by atomic mass is 32.2. The van der Waals surface area contributed by atoms with Gasteiger partial charge >= 0.3 is 0 Å². The first-order valence-corrected chi connectivity index (χ1v) is 7.92. The van der Waals surface area contributed by atoms with Crippen molar-refractivity contribution >= 4 is 10.0 Å². The van der Waals surface area contributed by atoms with Crippen LogP contribution in [-0.4, -0.2) is 33.9 Å². The van der Waals surface area contributed by atoms with E-state index in [0.717, 1.165) is 11.3 Å². The molecule has 0 saturated heterocycles. The summed E-state index contributed by atoms with van der Waals surface area (Å²) in [4.78, 5) is 0. The molecule has 1 rings (SSSR count). The van der Waals surface area contributed by atoms with Crippen molar-refractivity contribution in [2.24, 2.45) is 0 Å². The van der Waals surface area contributed by atoms with E-state index in [1.54, 1.807) is 7.11 Å². The molecule has 0 atom stereocenters. The average Bonchev–Trinajstić information content (AvgIpc) is 2.36. The highest BCUT2D eigenvalue weighted by Gasteiger charge is 2.10. The molecule has 108 valence electrons. The predicted molar refractivity (Wildman–Crippen MR) is 76.8 cm³/mol. The number of hydrogen-bond acceptors (Lipinski definition) is 4. The Morgan fingerprint density at radius 2 is 2.05 bits per heavy atom. The summed E-state index contributed by atoms with van der Waals surface area (Å²) in [5, 5.41) is 3.08. The molecule has 19 heavy (non-hydrogen) atoms. The summed E-state index contributed by atoms with van der Waals surface area (Å²) >= 11 is 0. The van der Waals surface area contributed by atoms with Crippen molar-refractivity contribution in [2.75, 3.05) is 19.4 Å². The lowest BCUT2D eigenvalue weighted by Crippen LogP contribution is -2.34. The van der Waals surface area contributed by atoms with E-state index in [-0.39, 0.29) is 18.3 Å². The molecule has 1 aromatic rings. The molecule has 0 aromatic heterocycles. The Labute approximate surface area is 115 Å². The van der Waals surface area contributed by atoms with Crippen molar-refractivity contribution in [1.29, 1.82) is 0 Å². The Morgan fingerprint density at radius 1 is 1.32 bits per heavy atom. The Kier molecular flexibility index (Phi) is 6.27. The summed E-state index contributed by atoms with van der Waals surface area (Å²) in [5.41, 5.74) is 0.875. The quantitative estimate of drug-likeness (QED) is 0.751. The van der Waals surface area contributed by atoms with E-state index in [0.29, 0.717) is 6.54 Å². The highest BCUT2D eigenvalue weighted by Crippen LogP contribution is 2.12. The standard InChI is InChI=1S/C13H22N2O3S/c1-11(2)14-7-8-19(16,17)15-10-12-5-4-6-13(9-12)18-3/h4-6,9,11,14-15H,7-8,10H2,1-3H3. The van der Waals surface area contributed by atoms with Crippen molar-refractivity contribution < 1.29 is 13.2 Å². The van der Waals surface area contributed by atoms with E-state index in [2.05, 4.69) is 10.0 Å². The number of benzene rings is 1. The molecular formula is C13H22N2O3S. The van der Waals surface area contributed by atoms with Crippen LogP contribution in [0.4, 0.5) is 0 Å². The van der Waals surface area contributed by atoms with Gasteiger partial charge in [-0.05, 0) is 17.7 Å². The van der Waals surface area contributed by atoms with E-state index < -0.39 is 10.0 Å². The van der Waals surface area contributed by atoms with Crippen LogP contribution < -0.4 is 14.8 Å². The van der Waals surface area contributed by atoms with Gasteiger partial charge in [-0.3, -0.25) is 0 Å². The predicted octanol–water partition coefficient (Wildman–Crippen LogP) is 1.11. The molecule has 0 aliphatic carbocycles. The van der Waals surface area contributed by atoms with E-state index in [9.17, 15) is 8.42 Å². The molecule has 0 aliphatic rings. The van der Waals surface area contributed by atoms with Gasteiger partial charge < -0.3 is 10.1 Å². The van der Waals surface area contributed by atoms with Crippen LogP contribution in [0.2, 0.25) is 0 Å². The molecule has 0 saturated carbocycles. The molecule has 0 aliphatic heterocycles. The van der Waals surface area contributed by atoms with Gasteiger partial charge in [-0.25, -0.2) is 13.1 Å². The van der Waals surface area contributed by atoms with Gasteiger partial charge in [0.2, 0.25) is 10.0 Å². The van der Waals surface area contributed by atoms with Crippen LogP contribution in [0, 0.1) is 0 Å². The zero-order valence-electron chi connectivity index (χ0n) is 11.6. The Hall–Kier alpha value is -1.11. The lowest BCUT2D eigenvalue weighted by molar-refractivity contribution is 0.414. The minimum Gasteiger partial charge on any atom is -0.497 e. The molecule has 5 nitrogen and oxygen atoms in total. The maximum Gasteiger partial charge on any atom is 0.213 e. The second-order valence-corrected chi connectivity index (χ2v) is 6.53. The molecule has 2 N–H and O–H groups in total. The van der Waals surface area contributed by atoms with Crippen LogP contribution in [0.5, 0.6) is 5.75 Å². The van der Waals surface area contributed by atoms with Gasteiger partial charge in [-0.1, -0.05) is 26.0 Å². The topological polar surface area (TPSA) is 67.4 Å². The lowest BCUT2D eigenvalue weighted by atomic mass is 10.2. The van der Waals surface area contributed by atoms with Gasteiger partial charge in [0, 0.05) is 19.1 Å². The third-order valence-corrected chi connectivity index (χ3v) is 3.88. The summed E-state index contributed by atoms with van der Waals surface area (Å²) in [6.45, 7) is 4.69. The number of nitrogens with one attached hydrogen (secondary N) is 2. The SMILES string of the molecule is COc1cccc(CNS(=O)(=O)CCNC(C)C)c1. The summed E-state index contributed by atoms with van der Waals surface area (Å²) in [7, 11) is -1.66. The molecule has 0 bridgehead atoms. The molecular weight excluding hydrogens is 264 g/mol. The zero-order valence-corrected chi connectivity index (χ0v) is 12.5. The van der Waals surface area contributed by atoms with Gasteiger partial charge in [-0.2, -0.15) is 0 Å². The summed E-state index contributed by atoms with van der Waals surface area (Å²) in [6.07, 6.45) is 0. The van der Waals surface area contributed by atoms with E-state index >= 15 is 0 Å². The Bertz CT molecular complexity index is 486. The lowest BCUT2D eigenvalue weighted by Gasteiger charge is -2.10. The van der Waals surface area contributed by atoms with Crippen LogP contribution in [0.25, 0.3) is 0 Å². The second-order valence-electron chi connectivity index (χ2n) is 4.60. The molecule has 6 heteroatoms. The zero-order chi connectivity index (χ0) is 14.3. The van der Waals surface area contributed by atoms with Gasteiger partial charge in [0.25, 0.3) is 0 Å². The molecule has 0 amide bonds. The summed E-state index contributed by atoms with van der Waals surface area (Å²) in [5.74, 6) is 0.799. The Balaban J connectivity index is 2.45. The maximum atomic E-state index is 11.8. The Morgan fingerprint density at radius 3 is 2.68 bits per heavy atom. The monoisotopic (exact) mass is 286 g/mol. The van der Waals surface area contributed by atoms with Crippen LogP contribution >= 0.6 is 0 Å². The van der Waals surface area contributed by atoms with Crippen molar-refractivity contribution in [3.05, 3.63) is 29.8 Å². The molecule has 0 radical (unpaired) electrons. The van der Waals surface area contributed by atoms with Gasteiger partial charge in [0.05, 0.1) is 12.9 Å². The van der Waals surface area contributed by atoms with E-state index in [4.69, 9.17) is 4.74 Å². The first-order valence-electron chi connectivity index (χ1n) is 6.26. The smallest absolute Gasteiger partial charge is 0.213 e. The van der Waals surface area contributed by atoms with Crippen molar-refractivity contribution in [3.63, 3.8) is 0 Å². The van der Waals surface area contributed by atoms with Gasteiger partial charge in [0.15, 0.2) is 0 Å². The van der Waals surface area contributed by atoms with Crippen LogP contribution in [-0.2, 0) is 16.6 Å². The fourth-order valence-electron chi connectivity index (χ4n) is 1.53. The third kappa shape index (κ3) is 6.56. The third-order valence-electron chi connectivity index (χ3n) is 2.55. The van der Waals surface area contributed by atoms with Crippen LogP contribution in [0.15, 0.2) is 24.3 Å². The number of hydrogen-bond donors (Lipinski definition) is 2. The summed E-state index contributed by atoms with van der Waals surface area (Å²) in [6, 6.07) is 7.62. The molecule has 0 spiro atoms. The fourth-order valence-corrected chi connectivity index (χ4v) is 2.45. The van der Waals surface area contributed by atoms with E-state index in [1.165, 1.54) is 0 Å². The van der Waals surface area contributed by atoms with Crippen molar-refractivity contribution in [3.8, 4) is 5.75 Å². The van der Waals surface area contributed by atoms with Gasteiger partial charge in [-0.15, -0.1) is 0 Å². The number of ether oxygens (including phenoxy) is 1. The number of sulfonamides is 1. The van der Waals surface area contributed by atoms with Crippen LogP contribution in [0.1, 0.15) is 19.4 Å². The fraction of sp³-hybridized carbons (Fsp3) is 0.538. The summed E-state index contributed by atoms with van der Waals surface area (Å²) < 4.78 is 31.2. The first kappa shape index (κ1) is 15.9. The second kappa shape index (κ2) is 7.47. The van der Waals surface area contributed by atoms with Crippen molar-refractivity contribution in [1.82, 2.24) is 10.0 Å². The van der Waals surface area contributed by atoms with E-state index in [1.807, 2.05) is 38.1 Å². The highest BCUT2D eigenvalue weighted by molar-refractivity contribution is 7.89. The number of methoxy groups -OCH3 is 1. The first-order chi connectivity index (χ1) is 8.93. The van der Waals surface area contributed by atoms with Gasteiger partial charge in [0.1, 0.15) is 5.75 Å². The molecule has 1 aromatic carbocycles.